The first-order chi connectivity index (χ1) is 10.1. The third-order valence-electron chi connectivity index (χ3n) is 2.77. The van der Waals surface area contributed by atoms with Crippen molar-refractivity contribution in [3.05, 3.63) is 45.8 Å². The smallest absolute Gasteiger partial charge is 0.270 e. The van der Waals surface area contributed by atoms with E-state index in [-0.39, 0.29) is 12.5 Å². The number of hydrogen-bond donors (Lipinski definition) is 1. The number of carbonyl (C=O) groups excluding carboxylic acids is 1. The van der Waals surface area contributed by atoms with Gasteiger partial charge in [-0.3, -0.25) is 4.79 Å². The second kappa shape index (κ2) is 7.03. The van der Waals surface area contributed by atoms with Crippen LogP contribution in [-0.4, -0.2) is 17.3 Å². The summed E-state index contributed by atoms with van der Waals surface area (Å²) in [7, 11) is 0. The second-order valence-electron chi connectivity index (χ2n) is 4.28. The van der Waals surface area contributed by atoms with E-state index in [1.165, 1.54) is 0 Å². The van der Waals surface area contributed by atoms with Gasteiger partial charge < -0.3 is 14.7 Å². The van der Waals surface area contributed by atoms with Gasteiger partial charge in [0.1, 0.15) is 18.6 Å². The lowest BCUT2D eigenvalue weighted by Gasteiger charge is -2.03. The predicted octanol–water partition coefficient (Wildman–Crippen LogP) is 3.20. The number of aromatic nitrogens is 1. The van der Waals surface area contributed by atoms with Crippen LogP contribution in [0.3, 0.4) is 0 Å². The van der Waals surface area contributed by atoms with Crippen LogP contribution in [0, 0.1) is 13.8 Å². The Morgan fingerprint density at radius 3 is 2.90 bits per heavy atom. The molecule has 6 nitrogen and oxygen atoms in total. The fraction of sp³-hybridized carbons (Fsp3) is 0.214. The summed E-state index contributed by atoms with van der Waals surface area (Å²) >= 11 is 3.34. The van der Waals surface area contributed by atoms with E-state index in [1.54, 1.807) is 13.0 Å². The third-order valence-corrected chi connectivity index (χ3v) is 3.46. The van der Waals surface area contributed by atoms with Crippen LogP contribution in [0.25, 0.3) is 0 Å². The highest BCUT2D eigenvalue weighted by molar-refractivity contribution is 9.10. The molecule has 1 N–H and O–H groups in total. The van der Waals surface area contributed by atoms with Crippen molar-refractivity contribution in [2.45, 2.75) is 20.5 Å². The first-order valence-corrected chi connectivity index (χ1v) is 7.00. The Bertz CT molecular complexity index is 648. The first kappa shape index (κ1) is 15.2. The highest BCUT2D eigenvalue weighted by Gasteiger charge is 2.09. The maximum absolute atomic E-state index is 11.7. The molecule has 0 aliphatic carbocycles. The van der Waals surface area contributed by atoms with E-state index in [9.17, 15) is 4.79 Å². The van der Waals surface area contributed by atoms with Crippen LogP contribution in [0.1, 0.15) is 17.0 Å². The fourth-order valence-electron chi connectivity index (χ4n) is 1.62. The number of anilines is 1. The van der Waals surface area contributed by atoms with Gasteiger partial charge in [-0.2, -0.15) is 0 Å². The van der Waals surface area contributed by atoms with E-state index >= 15 is 0 Å². The number of carbonyl (C=O) groups is 1. The number of para-hydroxylation sites is 1. The summed E-state index contributed by atoms with van der Waals surface area (Å²) in [6.45, 7) is 3.82. The minimum Gasteiger partial charge on any atom is -0.391 e. The van der Waals surface area contributed by atoms with Gasteiger partial charge in [0, 0.05) is 4.47 Å². The van der Waals surface area contributed by atoms with Crippen molar-refractivity contribution in [1.29, 1.82) is 0 Å². The topological polar surface area (TPSA) is 76.7 Å². The van der Waals surface area contributed by atoms with Gasteiger partial charge in [-0.25, -0.2) is 0 Å². The summed E-state index contributed by atoms with van der Waals surface area (Å²) in [5.41, 5.74) is 2.25. The predicted molar refractivity (Wildman–Crippen MR) is 82.0 cm³/mol. The van der Waals surface area contributed by atoms with Crippen molar-refractivity contribution in [1.82, 2.24) is 5.16 Å². The van der Waals surface area contributed by atoms with Crippen LogP contribution in [0.4, 0.5) is 5.69 Å². The number of benzene rings is 1. The van der Waals surface area contributed by atoms with Gasteiger partial charge in [0.2, 0.25) is 0 Å². The van der Waals surface area contributed by atoms with Gasteiger partial charge in [-0.05, 0) is 41.9 Å². The number of aryl methyl sites for hydroxylation is 2. The van der Waals surface area contributed by atoms with E-state index in [4.69, 9.17) is 9.36 Å². The van der Waals surface area contributed by atoms with Crippen LogP contribution in [0.15, 0.2) is 38.4 Å². The van der Waals surface area contributed by atoms with E-state index in [0.717, 1.165) is 21.9 Å². The molecule has 2 aromatic rings. The van der Waals surface area contributed by atoms with E-state index in [2.05, 4.69) is 31.6 Å². The first-order valence-electron chi connectivity index (χ1n) is 6.20. The molecular formula is C14H14BrN3O3. The van der Waals surface area contributed by atoms with Gasteiger partial charge in [-0.15, -0.1) is 0 Å². The zero-order chi connectivity index (χ0) is 15.2. The van der Waals surface area contributed by atoms with Crippen LogP contribution in [0.2, 0.25) is 0 Å². The van der Waals surface area contributed by atoms with Gasteiger partial charge >= 0.3 is 0 Å². The Hall–Kier alpha value is -2.15. The molecule has 0 spiro atoms. The number of oxime groups is 1. The molecule has 2 rings (SSSR count). The van der Waals surface area contributed by atoms with Gasteiger partial charge in [0.15, 0.2) is 0 Å². The molecule has 0 saturated heterocycles. The normalized spacial score (nSPS) is 10.8. The quantitative estimate of drug-likeness (QED) is 0.662. The number of amides is 1. The van der Waals surface area contributed by atoms with Crippen molar-refractivity contribution in [2.24, 2.45) is 5.16 Å². The van der Waals surface area contributed by atoms with Crippen molar-refractivity contribution >= 4 is 33.7 Å². The highest BCUT2D eigenvalue weighted by Crippen LogP contribution is 2.20. The van der Waals surface area contributed by atoms with Crippen LogP contribution in [-0.2, 0) is 16.2 Å². The monoisotopic (exact) mass is 351 g/mol. The Balaban J connectivity index is 1.85. The maximum Gasteiger partial charge on any atom is 0.270 e. The summed E-state index contributed by atoms with van der Waals surface area (Å²) < 4.78 is 5.79. The highest BCUT2D eigenvalue weighted by atomic mass is 79.9. The van der Waals surface area contributed by atoms with Crippen molar-refractivity contribution < 1.29 is 14.2 Å². The molecule has 0 radical (unpaired) electrons. The largest absolute Gasteiger partial charge is 0.391 e. The second-order valence-corrected chi connectivity index (χ2v) is 5.13. The Kier molecular flexibility index (Phi) is 5.10. The summed E-state index contributed by atoms with van der Waals surface area (Å²) in [5, 5.41) is 10.1. The number of nitrogens with zero attached hydrogens (tertiary/aromatic N) is 2. The lowest BCUT2D eigenvalue weighted by Crippen LogP contribution is -2.13. The van der Waals surface area contributed by atoms with E-state index in [1.807, 2.05) is 25.1 Å². The minimum atomic E-state index is -0.374. The summed E-state index contributed by atoms with van der Waals surface area (Å²) in [6, 6.07) is 7.30. The maximum atomic E-state index is 11.7. The molecule has 1 aromatic heterocycles. The lowest BCUT2D eigenvalue weighted by atomic mass is 10.2. The SMILES string of the molecule is Cc1noc(C)c1CON=CC(=O)Nc1ccccc1Br. The third kappa shape index (κ3) is 4.16. The number of hydrogen-bond acceptors (Lipinski definition) is 5. The Morgan fingerprint density at radius 2 is 2.24 bits per heavy atom. The van der Waals surface area contributed by atoms with Gasteiger partial charge in [-0.1, -0.05) is 22.4 Å². The molecule has 1 heterocycles. The lowest BCUT2D eigenvalue weighted by molar-refractivity contribution is -0.110. The molecule has 0 atom stereocenters. The zero-order valence-corrected chi connectivity index (χ0v) is 13.2. The van der Waals surface area contributed by atoms with E-state index < -0.39 is 0 Å². The molecule has 110 valence electrons. The van der Waals surface area contributed by atoms with Crippen molar-refractivity contribution in [2.75, 3.05) is 5.32 Å². The number of nitrogens with one attached hydrogen (secondary N) is 1. The van der Waals surface area contributed by atoms with Gasteiger partial charge in [0.25, 0.3) is 5.91 Å². The Labute approximate surface area is 130 Å². The standard InChI is InChI=1S/C14H14BrN3O3/c1-9-11(10(2)21-18-9)8-20-16-7-14(19)17-13-6-4-3-5-12(13)15/h3-7H,8H2,1-2H3,(H,17,19). The number of halogens is 1. The van der Waals surface area contributed by atoms with Crippen molar-refractivity contribution in [3.63, 3.8) is 0 Å². The molecule has 0 aliphatic heterocycles. The van der Waals surface area contributed by atoms with Gasteiger partial charge in [0.05, 0.1) is 16.9 Å². The summed E-state index contributed by atoms with van der Waals surface area (Å²) in [6.07, 6.45) is 1.08. The van der Waals surface area contributed by atoms with E-state index in [0.29, 0.717) is 11.4 Å². The average molecular weight is 352 g/mol. The Morgan fingerprint density at radius 1 is 1.48 bits per heavy atom. The van der Waals surface area contributed by atoms with Crippen molar-refractivity contribution in [3.8, 4) is 0 Å². The zero-order valence-electron chi connectivity index (χ0n) is 11.6. The number of rotatable bonds is 5. The molecule has 1 amide bonds. The molecule has 0 aliphatic rings. The average Bonchev–Trinajstić information content (AvgIpc) is 2.77. The van der Waals surface area contributed by atoms with Crippen LogP contribution in [0.5, 0.6) is 0 Å². The van der Waals surface area contributed by atoms with Crippen LogP contribution < -0.4 is 5.32 Å². The molecule has 1 aromatic carbocycles. The summed E-state index contributed by atoms with van der Waals surface area (Å²) in [5.74, 6) is 0.307. The summed E-state index contributed by atoms with van der Waals surface area (Å²) in [4.78, 5) is 16.7. The minimum absolute atomic E-state index is 0.208. The molecule has 0 saturated carbocycles. The van der Waals surface area contributed by atoms with Crippen LogP contribution >= 0.6 is 15.9 Å². The molecule has 0 unspecified atom stereocenters. The molecular weight excluding hydrogens is 338 g/mol. The molecule has 0 bridgehead atoms. The molecule has 7 heteroatoms. The molecule has 21 heavy (non-hydrogen) atoms. The molecule has 0 fully saturated rings. The fourth-order valence-corrected chi connectivity index (χ4v) is 2.01.